The van der Waals surface area contributed by atoms with Crippen LogP contribution in [-0.2, 0) is 0 Å². The van der Waals surface area contributed by atoms with Gasteiger partial charge in [-0.1, -0.05) is 0 Å². The molecule has 4 nitrogen and oxygen atoms in total. The summed E-state index contributed by atoms with van der Waals surface area (Å²) in [5.41, 5.74) is 3.70. The monoisotopic (exact) mass is 284 g/mol. The molecule has 0 atom stereocenters. The first-order valence-corrected chi connectivity index (χ1v) is 6.96. The number of hydrogen-bond donors (Lipinski definition) is 1. The highest BCUT2D eigenvalue weighted by Crippen LogP contribution is 2.24. The summed E-state index contributed by atoms with van der Waals surface area (Å²) in [6.07, 6.45) is 5.79. The number of benzene rings is 1. The third kappa shape index (κ3) is 2.05. The second-order valence-electron chi connectivity index (χ2n) is 5.09. The Balaban J connectivity index is 1.74. The standard InChI is InChI=1S/C18H12N4/c19-11-13-3-5-16-15(9-13)10-17(21-16)14-4-6-18(20-12-14)22-7-1-2-8-22/h1-10,12,21H. The molecule has 4 rings (SSSR count). The van der Waals surface area contributed by atoms with Crippen molar-refractivity contribution < 1.29 is 0 Å². The molecule has 3 aromatic heterocycles. The van der Waals surface area contributed by atoms with E-state index in [1.165, 1.54) is 0 Å². The smallest absolute Gasteiger partial charge is 0.136 e. The Bertz CT molecular complexity index is 970. The SMILES string of the molecule is N#Cc1ccc2[nH]c(-c3ccc(-n4cccc4)nc3)cc2c1. The van der Waals surface area contributed by atoms with Crippen molar-refractivity contribution in [2.24, 2.45) is 0 Å². The van der Waals surface area contributed by atoms with Crippen molar-refractivity contribution >= 4 is 10.9 Å². The largest absolute Gasteiger partial charge is 0.354 e. The Morgan fingerprint density at radius 1 is 1.05 bits per heavy atom. The fourth-order valence-corrected chi connectivity index (χ4v) is 2.54. The summed E-state index contributed by atoms with van der Waals surface area (Å²) < 4.78 is 1.97. The predicted molar refractivity (Wildman–Crippen MR) is 85.6 cm³/mol. The molecule has 0 fully saturated rings. The number of nitrogens with zero attached hydrogens (tertiary/aromatic N) is 3. The molecule has 3 heterocycles. The molecule has 0 saturated carbocycles. The summed E-state index contributed by atoms with van der Waals surface area (Å²) >= 11 is 0. The van der Waals surface area contributed by atoms with Gasteiger partial charge in [0, 0.05) is 40.8 Å². The van der Waals surface area contributed by atoms with Crippen LogP contribution in [0.3, 0.4) is 0 Å². The van der Waals surface area contributed by atoms with Crippen molar-refractivity contribution in [2.45, 2.75) is 0 Å². The molecule has 0 saturated heterocycles. The molecule has 104 valence electrons. The maximum absolute atomic E-state index is 8.97. The Morgan fingerprint density at radius 3 is 2.64 bits per heavy atom. The molecule has 0 bridgehead atoms. The lowest BCUT2D eigenvalue weighted by Crippen LogP contribution is -1.93. The summed E-state index contributed by atoms with van der Waals surface area (Å²) in [6.45, 7) is 0. The highest BCUT2D eigenvalue weighted by atomic mass is 15.0. The van der Waals surface area contributed by atoms with E-state index < -0.39 is 0 Å². The average Bonchev–Trinajstić information content (AvgIpc) is 3.23. The molecular formula is C18H12N4. The number of fused-ring (bicyclic) bond motifs is 1. The molecular weight excluding hydrogens is 272 g/mol. The number of aromatic nitrogens is 3. The van der Waals surface area contributed by atoms with Gasteiger partial charge in [-0.25, -0.2) is 4.98 Å². The molecule has 0 amide bonds. The number of pyridine rings is 1. The van der Waals surface area contributed by atoms with Gasteiger partial charge >= 0.3 is 0 Å². The number of rotatable bonds is 2. The second-order valence-corrected chi connectivity index (χ2v) is 5.09. The lowest BCUT2D eigenvalue weighted by molar-refractivity contribution is 1.01. The Labute approximate surface area is 127 Å². The lowest BCUT2D eigenvalue weighted by atomic mass is 10.1. The summed E-state index contributed by atoms with van der Waals surface area (Å²) in [7, 11) is 0. The van der Waals surface area contributed by atoms with E-state index in [0.717, 1.165) is 28.0 Å². The fourth-order valence-electron chi connectivity index (χ4n) is 2.54. The van der Waals surface area contributed by atoms with E-state index in [1.54, 1.807) is 0 Å². The van der Waals surface area contributed by atoms with Gasteiger partial charge in [-0.15, -0.1) is 0 Å². The molecule has 0 spiro atoms. The van der Waals surface area contributed by atoms with E-state index in [0.29, 0.717) is 5.56 Å². The first-order chi connectivity index (χ1) is 10.8. The first kappa shape index (κ1) is 12.4. The van der Waals surface area contributed by atoms with Crippen molar-refractivity contribution in [3.05, 3.63) is 72.7 Å². The maximum atomic E-state index is 8.97. The molecule has 0 radical (unpaired) electrons. The van der Waals surface area contributed by atoms with Crippen molar-refractivity contribution in [2.75, 3.05) is 0 Å². The Kier molecular flexibility index (Phi) is 2.77. The molecule has 0 aliphatic rings. The summed E-state index contributed by atoms with van der Waals surface area (Å²) in [4.78, 5) is 7.85. The molecule has 1 aromatic carbocycles. The minimum absolute atomic E-state index is 0.666. The van der Waals surface area contributed by atoms with Crippen LogP contribution < -0.4 is 0 Å². The quantitative estimate of drug-likeness (QED) is 0.607. The van der Waals surface area contributed by atoms with Gasteiger partial charge in [0.15, 0.2) is 0 Å². The van der Waals surface area contributed by atoms with Crippen LogP contribution in [0.5, 0.6) is 0 Å². The molecule has 4 aromatic rings. The summed E-state index contributed by atoms with van der Waals surface area (Å²) in [6, 6.07) is 17.8. The predicted octanol–water partition coefficient (Wildman–Crippen LogP) is 3.89. The van der Waals surface area contributed by atoms with Gasteiger partial charge in [0.1, 0.15) is 5.82 Å². The third-order valence-electron chi connectivity index (χ3n) is 3.68. The lowest BCUT2D eigenvalue weighted by Gasteiger charge is -2.03. The van der Waals surface area contributed by atoms with Crippen LogP contribution in [0.2, 0.25) is 0 Å². The van der Waals surface area contributed by atoms with Crippen LogP contribution in [0.25, 0.3) is 28.0 Å². The van der Waals surface area contributed by atoms with Gasteiger partial charge in [-0.05, 0) is 48.5 Å². The van der Waals surface area contributed by atoms with Gasteiger partial charge in [0.05, 0.1) is 11.6 Å². The number of nitrogens with one attached hydrogen (secondary N) is 1. The number of hydrogen-bond acceptors (Lipinski definition) is 2. The average molecular weight is 284 g/mol. The Morgan fingerprint density at radius 2 is 1.91 bits per heavy atom. The van der Waals surface area contributed by atoms with E-state index in [-0.39, 0.29) is 0 Å². The second kappa shape index (κ2) is 4.90. The minimum Gasteiger partial charge on any atom is -0.354 e. The molecule has 4 heteroatoms. The van der Waals surface area contributed by atoms with Gasteiger partial charge < -0.3 is 9.55 Å². The van der Waals surface area contributed by atoms with Crippen LogP contribution in [0.15, 0.2) is 67.1 Å². The van der Waals surface area contributed by atoms with Crippen molar-refractivity contribution in [3.63, 3.8) is 0 Å². The normalized spacial score (nSPS) is 10.7. The zero-order chi connectivity index (χ0) is 14.9. The van der Waals surface area contributed by atoms with E-state index in [9.17, 15) is 0 Å². The summed E-state index contributed by atoms with van der Waals surface area (Å²) in [5.74, 6) is 0.886. The zero-order valence-electron chi connectivity index (χ0n) is 11.7. The zero-order valence-corrected chi connectivity index (χ0v) is 11.7. The van der Waals surface area contributed by atoms with Crippen LogP contribution in [-0.4, -0.2) is 14.5 Å². The van der Waals surface area contributed by atoms with Crippen LogP contribution in [0.4, 0.5) is 0 Å². The fraction of sp³-hybridized carbons (Fsp3) is 0. The van der Waals surface area contributed by atoms with E-state index in [2.05, 4.69) is 16.0 Å². The van der Waals surface area contributed by atoms with E-state index in [1.807, 2.05) is 71.7 Å². The number of H-pyrrole nitrogens is 1. The maximum Gasteiger partial charge on any atom is 0.136 e. The molecule has 22 heavy (non-hydrogen) atoms. The Hall–Kier alpha value is -3.32. The third-order valence-corrected chi connectivity index (χ3v) is 3.68. The minimum atomic E-state index is 0.666. The highest BCUT2D eigenvalue weighted by Gasteiger charge is 2.05. The van der Waals surface area contributed by atoms with Crippen molar-refractivity contribution in [3.8, 4) is 23.1 Å². The highest BCUT2D eigenvalue weighted by molar-refractivity contribution is 5.86. The van der Waals surface area contributed by atoms with Gasteiger partial charge in [-0.2, -0.15) is 5.26 Å². The van der Waals surface area contributed by atoms with Crippen molar-refractivity contribution in [1.82, 2.24) is 14.5 Å². The topological polar surface area (TPSA) is 57.4 Å². The van der Waals surface area contributed by atoms with Gasteiger partial charge in [0.25, 0.3) is 0 Å². The number of nitriles is 1. The summed E-state index contributed by atoms with van der Waals surface area (Å²) in [5, 5.41) is 10.0. The van der Waals surface area contributed by atoms with Gasteiger partial charge in [0.2, 0.25) is 0 Å². The first-order valence-electron chi connectivity index (χ1n) is 6.96. The molecule has 0 aliphatic carbocycles. The van der Waals surface area contributed by atoms with E-state index >= 15 is 0 Å². The molecule has 1 N–H and O–H groups in total. The number of aromatic amines is 1. The van der Waals surface area contributed by atoms with Gasteiger partial charge in [-0.3, -0.25) is 0 Å². The molecule has 0 aliphatic heterocycles. The van der Waals surface area contributed by atoms with Crippen LogP contribution >= 0.6 is 0 Å². The molecule has 0 unspecified atom stereocenters. The van der Waals surface area contributed by atoms with Crippen molar-refractivity contribution in [1.29, 1.82) is 5.26 Å². The van der Waals surface area contributed by atoms with E-state index in [4.69, 9.17) is 5.26 Å². The van der Waals surface area contributed by atoms with Crippen LogP contribution in [0.1, 0.15) is 5.56 Å². The van der Waals surface area contributed by atoms with Crippen LogP contribution in [0, 0.1) is 11.3 Å².